The van der Waals surface area contributed by atoms with Crippen molar-refractivity contribution in [2.24, 2.45) is 29.1 Å². The molecule has 6 rings (SSSR count). The molecule has 0 aromatic carbocycles. The molecule has 0 aliphatic heterocycles. The fraction of sp³-hybridized carbons (Fsp3) is 0.800. The van der Waals surface area contributed by atoms with Gasteiger partial charge in [0.05, 0.1) is 5.41 Å². The van der Waals surface area contributed by atoms with Gasteiger partial charge >= 0.3 is 5.97 Å². The maximum absolute atomic E-state index is 13.5. The summed E-state index contributed by atoms with van der Waals surface area (Å²) in [4.78, 5) is 25.6. The van der Waals surface area contributed by atoms with Crippen LogP contribution in [0.1, 0.15) is 88.6 Å². The number of carbonyl (C=O) groups is 2. The summed E-state index contributed by atoms with van der Waals surface area (Å²) in [7, 11) is 0. The minimum atomic E-state index is -1.06. The molecular weight excluding hydrogens is 440 g/mol. The zero-order chi connectivity index (χ0) is 23.2. The Morgan fingerprint density at radius 2 is 1.76 bits per heavy atom. The van der Waals surface area contributed by atoms with Gasteiger partial charge < -0.3 is 19.7 Å². The summed E-state index contributed by atoms with van der Waals surface area (Å²) in [6, 6.07) is 0. The number of carboxylic acids is 1. The molecule has 0 saturated heterocycles. The Bertz CT molecular complexity index is 869. The number of carbonyl (C=O) groups excluding carboxylic acids is 1. The first-order chi connectivity index (χ1) is 15.7. The molecular formula is C25H36N2O5S. The minimum absolute atomic E-state index is 0.0398. The average Bonchev–Trinajstić information content (AvgIpc) is 3.39. The van der Waals surface area contributed by atoms with Gasteiger partial charge in [0, 0.05) is 11.3 Å². The van der Waals surface area contributed by atoms with E-state index in [2.05, 4.69) is 10.5 Å². The molecule has 5 fully saturated rings. The van der Waals surface area contributed by atoms with E-state index in [-0.39, 0.29) is 29.7 Å². The molecule has 0 spiro atoms. The van der Waals surface area contributed by atoms with Crippen molar-refractivity contribution in [2.45, 2.75) is 88.5 Å². The Hall–Kier alpha value is -1.70. The highest BCUT2D eigenvalue weighted by Crippen LogP contribution is 2.55. The van der Waals surface area contributed by atoms with Crippen LogP contribution in [-0.2, 0) is 4.79 Å². The first kappa shape index (κ1) is 23.1. The number of aliphatic carboxylic acids is 1. The molecule has 1 aromatic rings. The van der Waals surface area contributed by atoms with Crippen molar-refractivity contribution in [3.05, 3.63) is 5.76 Å². The predicted molar refractivity (Wildman–Crippen MR) is 124 cm³/mol. The Kier molecular flexibility index (Phi) is 6.17. The highest BCUT2D eigenvalue weighted by molar-refractivity contribution is 7.99. The van der Waals surface area contributed by atoms with Crippen LogP contribution in [0.5, 0.6) is 5.88 Å². The summed E-state index contributed by atoms with van der Waals surface area (Å²) < 4.78 is 11.4. The van der Waals surface area contributed by atoms with Crippen molar-refractivity contribution in [1.82, 2.24) is 10.5 Å². The Balaban J connectivity index is 1.33. The molecule has 1 amide bonds. The largest absolute Gasteiger partial charge is 0.481 e. The molecule has 8 heteroatoms. The van der Waals surface area contributed by atoms with Crippen molar-refractivity contribution < 1.29 is 24.0 Å². The zero-order valence-corrected chi connectivity index (χ0v) is 20.5. The summed E-state index contributed by atoms with van der Waals surface area (Å²) in [6.07, 6.45) is 12.1. The third-order valence-corrected chi connectivity index (χ3v) is 9.62. The fourth-order valence-electron chi connectivity index (χ4n) is 6.88. The summed E-state index contributed by atoms with van der Waals surface area (Å²) >= 11 is 1.57. The first-order valence-electron chi connectivity index (χ1n) is 12.5. The van der Waals surface area contributed by atoms with Gasteiger partial charge in [0.15, 0.2) is 0 Å². The highest BCUT2D eigenvalue weighted by Gasteiger charge is 2.52. The third kappa shape index (κ3) is 4.77. The summed E-state index contributed by atoms with van der Waals surface area (Å²) in [5.41, 5.74) is -1.17. The number of nitrogens with one attached hydrogen (secondary N) is 1. The van der Waals surface area contributed by atoms with Gasteiger partial charge in [-0.1, -0.05) is 12.8 Å². The molecule has 1 heterocycles. The molecule has 2 N–H and O–H groups in total. The van der Waals surface area contributed by atoms with Crippen LogP contribution >= 0.6 is 11.8 Å². The van der Waals surface area contributed by atoms with Crippen molar-refractivity contribution >= 4 is 23.6 Å². The smallest absolute Gasteiger partial charge is 0.312 e. The van der Waals surface area contributed by atoms with Crippen molar-refractivity contribution in [3.8, 4) is 5.88 Å². The van der Waals surface area contributed by atoms with Gasteiger partial charge in [0.25, 0.3) is 11.8 Å². The lowest BCUT2D eigenvalue weighted by Crippen LogP contribution is -2.59. The number of rotatable bonds is 9. The van der Waals surface area contributed by atoms with Gasteiger partial charge in [-0.2, -0.15) is 0 Å². The van der Waals surface area contributed by atoms with E-state index in [0.29, 0.717) is 10.8 Å². The molecule has 0 atom stereocenters. The number of amides is 1. The van der Waals surface area contributed by atoms with Crippen LogP contribution in [0.2, 0.25) is 0 Å². The number of carboxylic acid groups (broad SMARTS) is 1. The maximum Gasteiger partial charge on any atom is 0.312 e. The van der Waals surface area contributed by atoms with Crippen LogP contribution in [0.4, 0.5) is 0 Å². The number of nitrogens with zero attached hydrogens (tertiary/aromatic N) is 1. The van der Waals surface area contributed by atoms with Gasteiger partial charge in [-0.3, -0.25) is 9.59 Å². The molecule has 33 heavy (non-hydrogen) atoms. The molecule has 4 bridgehead atoms. The summed E-state index contributed by atoms with van der Waals surface area (Å²) in [5.74, 6) is 3.03. The van der Waals surface area contributed by atoms with Crippen LogP contribution in [0.3, 0.4) is 0 Å². The van der Waals surface area contributed by atoms with Crippen LogP contribution in [0, 0.1) is 29.1 Å². The Labute approximate surface area is 199 Å². The molecule has 7 nitrogen and oxygen atoms in total. The highest BCUT2D eigenvalue weighted by atomic mass is 32.2. The maximum atomic E-state index is 13.5. The lowest BCUT2D eigenvalue weighted by atomic mass is 9.53. The van der Waals surface area contributed by atoms with Crippen molar-refractivity contribution in [1.29, 1.82) is 0 Å². The zero-order valence-electron chi connectivity index (χ0n) is 19.7. The Morgan fingerprint density at radius 1 is 1.15 bits per heavy atom. The van der Waals surface area contributed by atoms with Crippen LogP contribution in [0.15, 0.2) is 9.42 Å². The monoisotopic (exact) mass is 476 g/mol. The number of ether oxygens (including phenoxy) is 1. The van der Waals surface area contributed by atoms with E-state index in [1.54, 1.807) is 25.6 Å². The minimum Gasteiger partial charge on any atom is -0.481 e. The van der Waals surface area contributed by atoms with Crippen LogP contribution in [0.25, 0.3) is 0 Å². The molecule has 5 saturated carbocycles. The van der Waals surface area contributed by atoms with Crippen LogP contribution in [-0.4, -0.2) is 40.0 Å². The van der Waals surface area contributed by atoms with Crippen molar-refractivity contribution in [2.75, 3.05) is 12.4 Å². The van der Waals surface area contributed by atoms with E-state index >= 15 is 0 Å². The van der Waals surface area contributed by atoms with Gasteiger partial charge in [0.2, 0.25) is 5.76 Å². The quantitative estimate of drug-likeness (QED) is 0.476. The van der Waals surface area contributed by atoms with Gasteiger partial charge in [-0.25, -0.2) is 0 Å². The molecule has 5 aliphatic rings. The van der Waals surface area contributed by atoms with Crippen molar-refractivity contribution in [3.63, 3.8) is 0 Å². The summed E-state index contributed by atoms with van der Waals surface area (Å²) in [6.45, 7) is 3.19. The second-order valence-corrected chi connectivity index (χ2v) is 12.8. The van der Waals surface area contributed by atoms with E-state index in [1.165, 1.54) is 44.9 Å². The van der Waals surface area contributed by atoms with E-state index in [9.17, 15) is 14.7 Å². The van der Waals surface area contributed by atoms with Gasteiger partial charge in [-0.05, 0) is 94.0 Å². The SMILES string of the molecule is CC(C)(COc1noc(C(=O)NC23CC4CC(CC(C4)C2)C3)c1SCC1CCCC1)C(=O)O. The second kappa shape index (κ2) is 8.82. The number of hydrogen-bond acceptors (Lipinski definition) is 6. The molecule has 5 aliphatic carbocycles. The molecule has 182 valence electrons. The summed E-state index contributed by atoms with van der Waals surface area (Å²) in [5, 5.41) is 16.9. The standard InChI is InChI=1S/C25H36N2O5S/c1-24(2,23(29)30)14-31-22-20(33-13-15-5-3-4-6-15)19(32-27-22)21(28)26-25-10-16-7-17(11-25)9-18(8-16)12-25/h15-18H,3-14H2,1-2H3,(H,26,28)(H,29,30). The number of thioether (sulfide) groups is 1. The molecule has 1 aromatic heterocycles. The third-order valence-electron chi connectivity index (χ3n) is 8.33. The predicted octanol–water partition coefficient (Wildman–Crippen LogP) is 5.15. The molecule has 0 radical (unpaired) electrons. The number of aromatic nitrogens is 1. The Morgan fingerprint density at radius 3 is 2.33 bits per heavy atom. The average molecular weight is 477 g/mol. The van der Waals surface area contributed by atoms with E-state index < -0.39 is 11.4 Å². The second-order valence-electron chi connectivity index (χ2n) is 11.7. The van der Waals surface area contributed by atoms with Gasteiger partial charge in [0.1, 0.15) is 11.5 Å². The molecule has 0 unspecified atom stereocenters. The number of hydrogen-bond donors (Lipinski definition) is 2. The van der Waals surface area contributed by atoms with Gasteiger partial charge in [-0.15, -0.1) is 11.8 Å². The van der Waals surface area contributed by atoms with E-state index in [0.717, 1.165) is 42.8 Å². The first-order valence-corrected chi connectivity index (χ1v) is 13.5. The van der Waals surface area contributed by atoms with Crippen LogP contribution < -0.4 is 10.1 Å². The lowest BCUT2D eigenvalue weighted by molar-refractivity contribution is -0.148. The fourth-order valence-corrected chi connectivity index (χ4v) is 8.10. The van der Waals surface area contributed by atoms with E-state index in [4.69, 9.17) is 9.26 Å². The van der Waals surface area contributed by atoms with E-state index in [1.807, 2.05) is 0 Å². The lowest BCUT2D eigenvalue weighted by Gasteiger charge is -2.56. The topological polar surface area (TPSA) is 102 Å². The normalized spacial score (nSPS) is 31.2.